The average Bonchev–Trinajstić information content (AvgIpc) is 2.67. The summed E-state index contributed by atoms with van der Waals surface area (Å²) < 4.78 is 16.1. The molecule has 2 aromatic heterocycles. The summed E-state index contributed by atoms with van der Waals surface area (Å²) in [5.74, 6) is 1.81. The number of carbonyl (C=O) groups is 1. The summed E-state index contributed by atoms with van der Waals surface area (Å²) in [5, 5.41) is 0. The van der Waals surface area contributed by atoms with E-state index >= 15 is 0 Å². The first-order chi connectivity index (χ1) is 12.9. The minimum atomic E-state index is -0.321. The molecule has 2 atom stereocenters. The lowest BCUT2D eigenvalue weighted by atomic mass is 9.93. The smallest absolute Gasteiger partial charge is 0.310 e. The number of carbonyl (C=O) groups excluding carboxylic acids is 1. The number of pyridine rings is 1. The highest BCUT2D eigenvalue weighted by Gasteiger charge is 2.19. The van der Waals surface area contributed by atoms with E-state index < -0.39 is 0 Å². The topological polar surface area (TPSA) is 83.4 Å². The Hall–Kier alpha value is -2.70. The van der Waals surface area contributed by atoms with E-state index in [4.69, 9.17) is 14.2 Å². The van der Waals surface area contributed by atoms with Gasteiger partial charge in [-0.3, -0.25) is 9.78 Å². The van der Waals surface area contributed by atoms with Crippen LogP contribution in [0.1, 0.15) is 43.8 Å². The van der Waals surface area contributed by atoms with Gasteiger partial charge < -0.3 is 14.2 Å². The van der Waals surface area contributed by atoms with Gasteiger partial charge in [0.1, 0.15) is 11.6 Å². The molecular formula is C20H27N3O4. The second kappa shape index (κ2) is 9.85. The van der Waals surface area contributed by atoms with Crippen molar-refractivity contribution >= 4 is 5.97 Å². The van der Waals surface area contributed by atoms with Crippen molar-refractivity contribution in [3.63, 3.8) is 0 Å². The van der Waals surface area contributed by atoms with Gasteiger partial charge in [0.2, 0.25) is 5.88 Å². The van der Waals surface area contributed by atoms with Crippen molar-refractivity contribution in [2.24, 2.45) is 5.92 Å². The molecule has 0 radical (unpaired) electrons. The predicted molar refractivity (Wildman–Crippen MR) is 101 cm³/mol. The van der Waals surface area contributed by atoms with Gasteiger partial charge >= 0.3 is 5.97 Å². The molecule has 2 rings (SSSR count). The van der Waals surface area contributed by atoms with Crippen LogP contribution in [0.25, 0.3) is 0 Å². The molecule has 0 amide bonds. The van der Waals surface area contributed by atoms with Crippen LogP contribution in [-0.4, -0.2) is 41.2 Å². The molecule has 146 valence electrons. The zero-order valence-corrected chi connectivity index (χ0v) is 16.6. The van der Waals surface area contributed by atoms with E-state index in [1.54, 1.807) is 33.4 Å². The summed E-state index contributed by atoms with van der Waals surface area (Å²) in [6.45, 7) is 8.54. The number of esters is 1. The van der Waals surface area contributed by atoms with Gasteiger partial charge in [-0.05, 0) is 31.9 Å². The second-order valence-electron chi connectivity index (χ2n) is 6.43. The van der Waals surface area contributed by atoms with Gasteiger partial charge in [-0.25, -0.2) is 4.98 Å². The zero-order chi connectivity index (χ0) is 19.8. The number of aromatic nitrogens is 3. The first kappa shape index (κ1) is 20.6. The fourth-order valence-electron chi connectivity index (χ4n) is 2.52. The number of rotatable bonds is 9. The van der Waals surface area contributed by atoms with E-state index in [-0.39, 0.29) is 24.2 Å². The van der Waals surface area contributed by atoms with Gasteiger partial charge in [-0.1, -0.05) is 13.8 Å². The minimum Gasteiger partial charge on any atom is -0.495 e. The molecular weight excluding hydrogens is 346 g/mol. The van der Waals surface area contributed by atoms with E-state index in [2.05, 4.69) is 28.8 Å². The normalized spacial score (nSPS) is 12.9. The van der Waals surface area contributed by atoms with Gasteiger partial charge in [0.15, 0.2) is 0 Å². The van der Waals surface area contributed by atoms with Crippen molar-refractivity contribution in [2.75, 3.05) is 20.3 Å². The van der Waals surface area contributed by atoms with Crippen LogP contribution in [-0.2, 0) is 16.0 Å². The fraction of sp³-hybridized carbons (Fsp3) is 0.500. The van der Waals surface area contributed by atoms with E-state index in [1.807, 2.05) is 12.1 Å². The lowest BCUT2D eigenvalue weighted by molar-refractivity contribution is -0.142. The highest BCUT2D eigenvalue weighted by atomic mass is 16.5. The first-order valence-corrected chi connectivity index (χ1v) is 9.05. The van der Waals surface area contributed by atoms with E-state index in [9.17, 15) is 4.79 Å². The van der Waals surface area contributed by atoms with E-state index in [1.165, 1.54) is 0 Å². The van der Waals surface area contributed by atoms with Gasteiger partial charge in [0, 0.05) is 23.4 Å². The Morgan fingerprint density at radius 2 is 1.96 bits per heavy atom. The third-order valence-corrected chi connectivity index (χ3v) is 4.38. The Labute approximate surface area is 160 Å². The predicted octanol–water partition coefficient (Wildman–Crippen LogP) is 3.11. The molecule has 0 saturated heterocycles. The maximum absolute atomic E-state index is 11.8. The Kier molecular flexibility index (Phi) is 7.52. The molecule has 0 saturated carbocycles. The molecule has 0 unspecified atom stereocenters. The number of hydrogen-bond donors (Lipinski definition) is 0. The molecule has 7 nitrogen and oxygen atoms in total. The van der Waals surface area contributed by atoms with E-state index in [0.29, 0.717) is 30.5 Å². The molecule has 0 spiro atoms. The van der Waals surface area contributed by atoms with Crippen LogP contribution in [0.5, 0.6) is 11.6 Å². The van der Waals surface area contributed by atoms with Gasteiger partial charge in [0.05, 0.1) is 32.9 Å². The second-order valence-corrected chi connectivity index (χ2v) is 6.43. The zero-order valence-electron chi connectivity index (χ0n) is 16.6. The highest BCUT2D eigenvalue weighted by molar-refractivity contribution is 5.73. The Morgan fingerprint density at radius 1 is 1.19 bits per heavy atom. The molecule has 7 heteroatoms. The summed E-state index contributed by atoms with van der Waals surface area (Å²) in [6.07, 6.45) is 3.42. The van der Waals surface area contributed by atoms with E-state index in [0.717, 1.165) is 11.4 Å². The minimum absolute atomic E-state index is 0.0907. The molecule has 2 heterocycles. The number of ether oxygens (including phenoxy) is 3. The van der Waals surface area contributed by atoms with Crippen LogP contribution in [0.4, 0.5) is 0 Å². The SMILES string of the molecule is CCOC(=O)Cc1cnc(C)nc1OC[C@@H](C)[C@H](C)c1ccc(OC)cn1. The largest absolute Gasteiger partial charge is 0.495 e. The van der Waals surface area contributed by atoms with Crippen LogP contribution in [0.15, 0.2) is 24.5 Å². The van der Waals surface area contributed by atoms with Gasteiger partial charge in [-0.15, -0.1) is 0 Å². The number of aryl methyl sites for hydroxylation is 1. The fourth-order valence-corrected chi connectivity index (χ4v) is 2.52. The quantitative estimate of drug-likeness (QED) is 0.625. The maximum atomic E-state index is 11.8. The van der Waals surface area contributed by atoms with Crippen LogP contribution < -0.4 is 9.47 Å². The highest BCUT2D eigenvalue weighted by Crippen LogP contribution is 2.25. The summed E-state index contributed by atoms with van der Waals surface area (Å²) in [5.41, 5.74) is 1.60. The molecule has 0 bridgehead atoms. The molecule has 0 N–H and O–H groups in total. The molecule has 0 aromatic carbocycles. The average molecular weight is 373 g/mol. The van der Waals surface area contributed by atoms with Crippen molar-refractivity contribution in [2.45, 2.75) is 40.0 Å². The third kappa shape index (κ3) is 5.91. The lowest BCUT2D eigenvalue weighted by Gasteiger charge is -2.20. The summed E-state index contributed by atoms with van der Waals surface area (Å²) in [6, 6.07) is 3.86. The van der Waals surface area contributed by atoms with Crippen molar-refractivity contribution in [1.82, 2.24) is 15.0 Å². The molecule has 0 aliphatic heterocycles. The van der Waals surface area contributed by atoms with Gasteiger partial charge in [-0.2, -0.15) is 4.98 Å². The lowest BCUT2D eigenvalue weighted by Crippen LogP contribution is -2.18. The molecule has 2 aromatic rings. The summed E-state index contributed by atoms with van der Waals surface area (Å²) in [7, 11) is 1.62. The van der Waals surface area contributed by atoms with Crippen LogP contribution in [0.2, 0.25) is 0 Å². The first-order valence-electron chi connectivity index (χ1n) is 9.05. The molecule has 0 fully saturated rings. The third-order valence-electron chi connectivity index (χ3n) is 4.38. The Morgan fingerprint density at radius 3 is 2.59 bits per heavy atom. The van der Waals surface area contributed by atoms with Crippen molar-refractivity contribution in [1.29, 1.82) is 0 Å². The molecule has 27 heavy (non-hydrogen) atoms. The standard InChI is InChI=1S/C20H27N3O4/c1-6-26-19(24)9-16-10-21-15(4)23-20(16)27-12-13(2)14(3)18-8-7-17(25-5)11-22-18/h7-8,10-11,13-14H,6,9,12H2,1-5H3/t13-,14+/m1/s1. The summed E-state index contributed by atoms with van der Waals surface area (Å²) >= 11 is 0. The van der Waals surface area contributed by atoms with Crippen LogP contribution >= 0.6 is 0 Å². The maximum Gasteiger partial charge on any atom is 0.310 e. The monoisotopic (exact) mass is 373 g/mol. The van der Waals surface area contributed by atoms with Crippen molar-refractivity contribution in [3.05, 3.63) is 41.6 Å². The summed E-state index contributed by atoms with van der Waals surface area (Å²) in [4.78, 5) is 24.7. The van der Waals surface area contributed by atoms with Crippen molar-refractivity contribution < 1.29 is 19.0 Å². The Balaban J connectivity index is 2.03. The number of nitrogens with zero attached hydrogens (tertiary/aromatic N) is 3. The number of methoxy groups -OCH3 is 1. The van der Waals surface area contributed by atoms with Gasteiger partial charge in [0.25, 0.3) is 0 Å². The molecule has 0 aliphatic carbocycles. The van der Waals surface area contributed by atoms with Crippen molar-refractivity contribution in [3.8, 4) is 11.6 Å². The molecule has 0 aliphatic rings. The number of hydrogen-bond acceptors (Lipinski definition) is 7. The van der Waals surface area contributed by atoms with Crippen LogP contribution in [0, 0.1) is 12.8 Å². The Bertz CT molecular complexity index is 749. The van der Waals surface area contributed by atoms with Crippen LogP contribution in [0.3, 0.4) is 0 Å².